The lowest BCUT2D eigenvalue weighted by molar-refractivity contribution is 0.415. The zero-order chi connectivity index (χ0) is 14.4. The number of hydrogen-bond donors (Lipinski definition) is 0. The minimum absolute atomic E-state index is 0.534. The molecule has 0 amide bonds. The third kappa shape index (κ3) is 3.86. The standard InChI is InChI=1S/C16H13Cl2NO/c1-20-13-9-7-12(8-10-13)4-3-11-19-16-14(17)5-2-6-15(16)18/h2-11H,1H3/b4-3+,19-11?. The summed E-state index contributed by atoms with van der Waals surface area (Å²) in [5.74, 6) is 0.832. The van der Waals surface area contributed by atoms with E-state index in [0.29, 0.717) is 15.7 Å². The van der Waals surface area contributed by atoms with E-state index in [1.807, 2.05) is 36.4 Å². The molecule has 0 bridgehead atoms. The molecule has 0 fully saturated rings. The molecule has 2 aromatic carbocycles. The number of halogens is 2. The number of benzene rings is 2. The van der Waals surface area contributed by atoms with Gasteiger partial charge in [-0.1, -0.05) is 47.5 Å². The Labute approximate surface area is 128 Å². The van der Waals surface area contributed by atoms with Gasteiger partial charge >= 0.3 is 0 Å². The first-order chi connectivity index (χ1) is 9.70. The lowest BCUT2D eigenvalue weighted by atomic mass is 10.2. The van der Waals surface area contributed by atoms with Gasteiger partial charge in [0.1, 0.15) is 11.4 Å². The van der Waals surface area contributed by atoms with Crippen LogP contribution in [0.5, 0.6) is 5.75 Å². The van der Waals surface area contributed by atoms with Crippen LogP contribution < -0.4 is 4.74 Å². The molecule has 102 valence electrons. The zero-order valence-electron chi connectivity index (χ0n) is 10.9. The number of methoxy groups -OCH3 is 1. The van der Waals surface area contributed by atoms with Crippen molar-refractivity contribution in [1.82, 2.24) is 0 Å². The van der Waals surface area contributed by atoms with Gasteiger partial charge in [-0.3, -0.25) is 4.99 Å². The largest absolute Gasteiger partial charge is 0.497 e. The number of para-hydroxylation sites is 1. The van der Waals surface area contributed by atoms with Crippen molar-refractivity contribution in [3.63, 3.8) is 0 Å². The minimum Gasteiger partial charge on any atom is -0.497 e. The van der Waals surface area contributed by atoms with Crippen LogP contribution >= 0.6 is 23.2 Å². The van der Waals surface area contributed by atoms with E-state index in [9.17, 15) is 0 Å². The summed E-state index contributed by atoms with van der Waals surface area (Å²) in [6, 6.07) is 13.0. The molecule has 2 aromatic rings. The van der Waals surface area contributed by atoms with Gasteiger partial charge in [-0.05, 0) is 35.9 Å². The van der Waals surface area contributed by atoms with Crippen LogP contribution in [0.2, 0.25) is 10.0 Å². The Balaban J connectivity index is 2.07. The van der Waals surface area contributed by atoms with E-state index in [-0.39, 0.29) is 0 Å². The van der Waals surface area contributed by atoms with Crippen molar-refractivity contribution >= 4 is 41.2 Å². The second-order valence-corrected chi connectivity index (χ2v) is 4.80. The third-order valence-electron chi connectivity index (χ3n) is 2.63. The molecule has 4 heteroatoms. The van der Waals surface area contributed by atoms with Crippen molar-refractivity contribution in [3.05, 3.63) is 64.1 Å². The molecule has 0 aliphatic rings. The second-order valence-electron chi connectivity index (χ2n) is 3.98. The van der Waals surface area contributed by atoms with Crippen LogP contribution in [0.4, 0.5) is 5.69 Å². The Morgan fingerprint density at radius 1 is 1.00 bits per heavy atom. The van der Waals surface area contributed by atoms with Crippen molar-refractivity contribution < 1.29 is 4.74 Å². The molecule has 2 nitrogen and oxygen atoms in total. The first-order valence-corrected chi connectivity index (χ1v) is 6.75. The van der Waals surface area contributed by atoms with E-state index in [4.69, 9.17) is 27.9 Å². The van der Waals surface area contributed by atoms with E-state index in [2.05, 4.69) is 4.99 Å². The molecule has 0 N–H and O–H groups in total. The Morgan fingerprint density at radius 2 is 1.65 bits per heavy atom. The topological polar surface area (TPSA) is 21.6 Å². The summed E-state index contributed by atoms with van der Waals surface area (Å²) in [4.78, 5) is 4.25. The molecule has 0 atom stereocenters. The highest BCUT2D eigenvalue weighted by Gasteiger charge is 2.01. The van der Waals surface area contributed by atoms with Crippen LogP contribution in [0, 0.1) is 0 Å². The lowest BCUT2D eigenvalue weighted by Crippen LogP contribution is -1.81. The van der Waals surface area contributed by atoms with E-state index in [1.54, 1.807) is 31.5 Å². The molecule has 0 aliphatic heterocycles. The number of nitrogens with zero attached hydrogens (tertiary/aromatic N) is 1. The van der Waals surface area contributed by atoms with Crippen molar-refractivity contribution in [2.24, 2.45) is 4.99 Å². The van der Waals surface area contributed by atoms with E-state index in [1.165, 1.54) is 0 Å². The van der Waals surface area contributed by atoms with Crippen molar-refractivity contribution in [2.75, 3.05) is 7.11 Å². The Hall–Kier alpha value is -1.77. The summed E-state index contributed by atoms with van der Waals surface area (Å²) in [6.07, 6.45) is 5.44. The monoisotopic (exact) mass is 305 g/mol. The number of rotatable bonds is 4. The fourth-order valence-corrected chi connectivity index (χ4v) is 2.09. The van der Waals surface area contributed by atoms with E-state index >= 15 is 0 Å². The van der Waals surface area contributed by atoms with Crippen molar-refractivity contribution in [1.29, 1.82) is 0 Å². The predicted octanol–water partition coefficient (Wildman–Crippen LogP) is 5.42. The number of hydrogen-bond acceptors (Lipinski definition) is 2. The van der Waals surface area contributed by atoms with Gasteiger partial charge in [0.2, 0.25) is 0 Å². The number of aliphatic imine (C=N–C) groups is 1. The predicted molar refractivity (Wildman–Crippen MR) is 86.6 cm³/mol. The first-order valence-electron chi connectivity index (χ1n) is 5.99. The maximum atomic E-state index is 6.02. The van der Waals surface area contributed by atoms with Gasteiger partial charge in [-0.15, -0.1) is 0 Å². The van der Waals surface area contributed by atoms with Gasteiger partial charge in [0, 0.05) is 6.21 Å². The fourth-order valence-electron chi connectivity index (χ4n) is 1.60. The van der Waals surface area contributed by atoms with Gasteiger partial charge in [-0.25, -0.2) is 0 Å². The first kappa shape index (κ1) is 14.6. The molecular weight excluding hydrogens is 293 g/mol. The quantitative estimate of drug-likeness (QED) is 0.691. The molecule has 0 saturated heterocycles. The summed E-state index contributed by atoms with van der Waals surface area (Å²) in [7, 11) is 1.64. The van der Waals surface area contributed by atoms with Crippen LogP contribution in [-0.2, 0) is 0 Å². The van der Waals surface area contributed by atoms with Gasteiger partial charge in [-0.2, -0.15) is 0 Å². The molecule has 0 radical (unpaired) electrons. The van der Waals surface area contributed by atoms with Gasteiger partial charge < -0.3 is 4.74 Å². The van der Waals surface area contributed by atoms with Gasteiger partial charge in [0.15, 0.2) is 0 Å². The lowest BCUT2D eigenvalue weighted by Gasteiger charge is -1.99. The Kier molecular flexibility index (Phi) is 5.22. The molecule has 0 saturated carbocycles. The average molecular weight is 306 g/mol. The fraction of sp³-hybridized carbons (Fsp3) is 0.0625. The normalized spacial score (nSPS) is 11.3. The van der Waals surface area contributed by atoms with Crippen LogP contribution in [-0.4, -0.2) is 13.3 Å². The molecular formula is C16H13Cl2NO. The molecule has 2 rings (SSSR count). The second kappa shape index (κ2) is 7.13. The molecule has 0 heterocycles. The molecule has 0 aromatic heterocycles. The minimum atomic E-state index is 0.534. The molecule has 0 spiro atoms. The highest BCUT2D eigenvalue weighted by atomic mass is 35.5. The molecule has 0 unspecified atom stereocenters. The van der Waals surface area contributed by atoms with E-state index in [0.717, 1.165) is 11.3 Å². The van der Waals surface area contributed by atoms with Crippen molar-refractivity contribution in [3.8, 4) is 5.75 Å². The van der Waals surface area contributed by atoms with Crippen LogP contribution in [0.25, 0.3) is 6.08 Å². The summed E-state index contributed by atoms with van der Waals surface area (Å²) in [5.41, 5.74) is 1.64. The van der Waals surface area contributed by atoms with Crippen LogP contribution in [0.1, 0.15) is 5.56 Å². The third-order valence-corrected chi connectivity index (χ3v) is 3.24. The Morgan fingerprint density at radius 3 is 2.25 bits per heavy atom. The summed E-state index contributed by atoms with van der Waals surface area (Å²) >= 11 is 12.0. The maximum Gasteiger partial charge on any atom is 0.118 e. The summed E-state index contributed by atoms with van der Waals surface area (Å²) in [6.45, 7) is 0. The number of allylic oxidation sites excluding steroid dienone is 1. The summed E-state index contributed by atoms with van der Waals surface area (Å²) < 4.78 is 5.10. The van der Waals surface area contributed by atoms with Gasteiger partial charge in [0.05, 0.1) is 17.2 Å². The van der Waals surface area contributed by atoms with Gasteiger partial charge in [0.25, 0.3) is 0 Å². The van der Waals surface area contributed by atoms with E-state index < -0.39 is 0 Å². The summed E-state index contributed by atoms with van der Waals surface area (Å²) in [5, 5.41) is 1.07. The molecule has 0 aliphatic carbocycles. The SMILES string of the molecule is COc1ccc(/C=C/C=Nc2c(Cl)cccc2Cl)cc1. The van der Waals surface area contributed by atoms with Crippen LogP contribution in [0.15, 0.2) is 53.5 Å². The molecule has 20 heavy (non-hydrogen) atoms. The average Bonchev–Trinajstić information content (AvgIpc) is 2.46. The zero-order valence-corrected chi connectivity index (χ0v) is 12.4. The maximum absolute atomic E-state index is 6.02. The smallest absolute Gasteiger partial charge is 0.118 e. The van der Waals surface area contributed by atoms with Crippen LogP contribution in [0.3, 0.4) is 0 Å². The highest BCUT2D eigenvalue weighted by Crippen LogP contribution is 2.32. The van der Waals surface area contributed by atoms with Crippen molar-refractivity contribution in [2.45, 2.75) is 0 Å². The Bertz CT molecular complexity index is 613. The highest BCUT2D eigenvalue weighted by molar-refractivity contribution is 6.38. The number of ether oxygens (including phenoxy) is 1.